The summed E-state index contributed by atoms with van der Waals surface area (Å²) >= 11 is 12.6. The van der Waals surface area contributed by atoms with E-state index in [2.05, 4.69) is 15.0 Å². The molecule has 1 aliphatic rings. The highest BCUT2D eigenvalue weighted by Gasteiger charge is 2.33. The summed E-state index contributed by atoms with van der Waals surface area (Å²) in [5.74, 6) is 0.309. The van der Waals surface area contributed by atoms with Crippen LogP contribution in [0.5, 0.6) is 5.88 Å². The number of aromatic nitrogens is 3. The van der Waals surface area contributed by atoms with Gasteiger partial charge in [-0.15, -0.1) is 0 Å². The number of nitrogens with zero attached hydrogens (tertiary/aromatic N) is 4. The zero-order valence-corrected chi connectivity index (χ0v) is 18.6. The van der Waals surface area contributed by atoms with Crippen molar-refractivity contribution in [3.8, 4) is 5.88 Å². The van der Waals surface area contributed by atoms with Crippen LogP contribution in [0.15, 0.2) is 24.4 Å². The van der Waals surface area contributed by atoms with Gasteiger partial charge in [0.2, 0.25) is 11.7 Å². The standard InChI is InChI=1S/C21H23Cl2N5O2/c1-12-17-13-4-5-14(22)18(23)19(13)25-15(17)7-9-28(12)21(29)20-24-8-6-16(26-20)30-11-10-27(2)3/h4-6,8,12,25H,7,9-11H2,1-3H3/t12-/m1/s1. The fourth-order valence-electron chi connectivity index (χ4n) is 3.80. The SMILES string of the molecule is C[C@@H]1c2c([nH]c3c(Cl)c(Cl)ccc23)CCN1C(=O)c1nccc(OCCN(C)C)n1. The van der Waals surface area contributed by atoms with Gasteiger partial charge in [-0.2, -0.15) is 4.98 Å². The maximum atomic E-state index is 13.2. The van der Waals surface area contributed by atoms with E-state index in [1.807, 2.05) is 32.0 Å². The summed E-state index contributed by atoms with van der Waals surface area (Å²) in [5.41, 5.74) is 2.94. The monoisotopic (exact) mass is 447 g/mol. The van der Waals surface area contributed by atoms with Crippen molar-refractivity contribution in [2.75, 3.05) is 33.8 Å². The maximum absolute atomic E-state index is 13.2. The van der Waals surface area contributed by atoms with E-state index in [9.17, 15) is 4.79 Å². The maximum Gasteiger partial charge on any atom is 0.292 e. The highest BCUT2D eigenvalue weighted by Crippen LogP contribution is 2.40. The first-order valence-electron chi connectivity index (χ1n) is 9.76. The molecule has 0 spiro atoms. The molecule has 0 bridgehead atoms. The van der Waals surface area contributed by atoms with Crippen molar-refractivity contribution in [1.82, 2.24) is 24.8 Å². The minimum atomic E-state index is -0.222. The first-order chi connectivity index (χ1) is 14.4. The molecule has 1 amide bonds. The molecule has 1 N–H and O–H groups in total. The number of benzene rings is 1. The Morgan fingerprint density at radius 3 is 2.90 bits per heavy atom. The Labute approximate surface area is 184 Å². The molecule has 3 aromatic rings. The van der Waals surface area contributed by atoms with Crippen molar-refractivity contribution in [2.45, 2.75) is 19.4 Å². The van der Waals surface area contributed by atoms with Gasteiger partial charge in [-0.3, -0.25) is 4.79 Å². The van der Waals surface area contributed by atoms with Crippen LogP contribution in [0.2, 0.25) is 10.0 Å². The third-order valence-electron chi connectivity index (χ3n) is 5.34. The molecular weight excluding hydrogens is 425 g/mol. The average Bonchev–Trinajstić information content (AvgIpc) is 3.11. The minimum Gasteiger partial charge on any atom is -0.476 e. The van der Waals surface area contributed by atoms with E-state index in [1.54, 1.807) is 23.2 Å². The molecule has 1 aliphatic heterocycles. The van der Waals surface area contributed by atoms with Crippen LogP contribution in [0.4, 0.5) is 0 Å². The topological polar surface area (TPSA) is 74.3 Å². The van der Waals surface area contributed by atoms with Gasteiger partial charge in [0, 0.05) is 48.4 Å². The van der Waals surface area contributed by atoms with Crippen molar-refractivity contribution in [3.63, 3.8) is 0 Å². The van der Waals surface area contributed by atoms with Gasteiger partial charge in [0.15, 0.2) is 0 Å². The van der Waals surface area contributed by atoms with Crippen molar-refractivity contribution in [3.05, 3.63) is 51.5 Å². The summed E-state index contributed by atoms with van der Waals surface area (Å²) < 4.78 is 5.65. The molecule has 0 fully saturated rings. The molecule has 30 heavy (non-hydrogen) atoms. The average molecular weight is 448 g/mol. The van der Waals surface area contributed by atoms with Gasteiger partial charge in [-0.25, -0.2) is 4.98 Å². The van der Waals surface area contributed by atoms with Gasteiger partial charge >= 0.3 is 0 Å². The summed E-state index contributed by atoms with van der Waals surface area (Å²) in [7, 11) is 3.94. The van der Waals surface area contributed by atoms with E-state index < -0.39 is 0 Å². The van der Waals surface area contributed by atoms with E-state index in [1.165, 1.54) is 0 Å². The predicted molar refractivity (Wildman–Crippen MR) is 118 cm³/mol. The number of ether oxygens (including phenoxy) is 1. The third-order valence-corrected chi connectivity index (χ3v) is 6.15. The lowest BCUT2D eigenvalue weighted by molar-refractivity contribution is 0.0664. The second kappa shape index (κ2) is 8.41. The Kier molecular flexibility index (Phi) is 5.86. The zero-order chi connectivity index (χ0) is 21.4. The number of hydrogen-bond acceptors (Lipinski definition) is 5. The molecule has 1 aromatic carbocycles. The quantitative estimate of drug-likeness (QED) is 0.640. The molecule has 2 aromatic heterocycles. The van der Waals surface area contributed by atoms with E-state index in [4.69, 9.17) is 27.9 Å². The summed E-state index contributed by atoms with van der Waals surface area (Å²) in [6.45, 7) is 3.80. The van der Waals surface area contributed by atoms with E-state index in [-0.39, 0.29) is 17.8 Å². The molecule has 0 unspecified atom stereocenters. The Morgan fingerprint density at radius 1 is 1.33 bits per heavy atom. The van der Waals surface area contributed by atoms with Crippen LogP contribution in [-0.2, 0) is 6.42 Å². The lowest BCUT2D eigenvalue weighted by Gasteiger charge is -2.33. The van der Waals surface area contributed by atoms with Crippen LogP contribution in [0, 0.1) is 0 Å². The van der Waals surface area contributed by atoms with Crippen LogP contribution in [0.1, 0.15) is 34.8 Å². The van der Waals surface area contributed by atoms with E-state index in [0.717, 1.165) is 28.7 Å². The number of fused-ring (bicyclic) bond motifs is 3. The van der Waals surface area contributed by atoms with E-state index >= 15 is 0 Å². The second-order valence-electron chi connectivity index (χ2n) is 7.60. The van der Waals surface area contributed by atoms with Crippen LogP contribution in [0.3, 0.4) is 0 Å². The van der Waals surface area contributed by atoms with Gasteiger partial charge in [-0.05, 0) is 27.1 Å². The predicted octanol–water partition coefficient (Wildman–Crippen LogP) is 3.96. The largest absolute Gasteiger partial charge is 0.476 e. The van der Waals surface area contributed by atoms with Crippen molar-refractivity contribution in [2.24, 2.45) is 0 Å². The lowest BCUT2D eigenvalue weighted by atomic mass is 9.97. The van der Waals surface area contributed by atoms with Gasteiger partial charge in [0.05, 0.1) is 21.6 Å². The number of amides is 1. The number of likely N-dealkylation sites (N-methyl/N-ethyl adjacent to an activating group) is 1. The van der Waals surface area contributed by atoms with Crippen LogP contribution < -0.4 is 4.74 Å². The van der Waals surface area contributed by atoms with Gasteiger partial charge < -0.3 is 19.5 Å². The number of rotatable bonds is 5. The molecule has 0 saturated carbocycles. The zero-order valence-electron chi connectivity index (χ0n) is 17.1. The molecule has 3 heterocycles. The molecule has 0 saturated heterocycles. The first-order valence-corrected chi connectivity index (χ1v) is 10.5. The Morgan fingerprint density at radius 2 is 2.13 bits per heavy atom. The van der Waals surface area contributed by atoms with Gasteiger partial charge in [0.1, 0.15) is 6.61 Å². The van der Waals surface area contributed by atoms with E-state index in [0.29, 0.717) is 35.5 Å². The molecule has 0 radical (unpaired) electrons. The fourth-order valence-corrected chi connectivity index (χ4v) is 4.17. The van der Waals surface area contributed by atoms with Crippen molar-refractivity contribution >= 4 is 40.0 Å². The number of carbonyl (C=O) groups is 1. The number of H-pyrrole nitrogens is 1. The summed E-state index contributed by atoms with van der Waals surface area (Å²) in [6.07, 6.45) is 2.24. The smallest absolute Gasteiger partial charge is 0.292 e. The van der Waals surface area contributed by atoms with Gasteiger partial charge in [-0.1, -0.05) is 29.3 Å². The second-order valence-corrected chi connectivity index (χ2v) is 8.38. The number of aromatic amines is 1. The Hall–Kier alpha value is -2.35. The molecule has 7 nitrogen and oxygen atoms in total. The summed E-state index contributed by atoms with van der Waals surface area (Å²) in [6, 6.07) is 5.23. The van der Waals surface area contributed by atoms with Gasteiger partial charge in [0.25, 0.3) is 5.91 Å². The number of nitrogens with one attached hydrogen (secondary N) is 1. The fraction of sp³-hybridized carbons (Fsp3) is 0.381. The highest BCUT2D eigenvalue weighted by atomic mass is 35.5. The Balaban J connectivity index is 1.59. The summed E-state index contributed by atoms with van der Waals surface area (Å²) in [4.78, 5) is 28.9. The number of carbonyl (C=O) groups excluding carboxylic acids is 1. The highest BCUT2D eigenvalue weighted by molar-refractivity contribution is 6.45. The minimum absolute atomic E-state index is 0.133. The molecule has 9 heteroatoms. The van der Waals surface area contributed by atoms with Crippen LogP contribution in [0.25, 0.3) is 10.9 Å². The molecule has 158 valence electrons. The molecule has 0 aliphatic carbocycles. The van der Waals surface area contributed by atoms with Crippen molar-refractivity contribution in [1.29, 1.82) is 0 Å². The number of halogens is 2. The normalized spacial score (nSPS) is 16.2. The van der Waals surface area contributed by atoms with Crippen LogP contribution >= 0.6 is 23.2 Å². The third kappa shape index (κ3) is 3.85. The lowest BCUT2D eigenvalue weighted by Crippen LogP contribution is -2.39. The molecule has 1 atom stereocenters. The first kappa shape index (κ1) is 20.9. The molecular formula is C21H23Cl2N5O2. The summed E-state index contributed by atoms with van der Waals surface area (Å²) in [5, 5.41) is 1.98. The Bertz CT molecular complexity index is 1100. The molecule has 4 rings (SSSR count). The number of hydrogen-bond donors (Lipinski definition) is 1. The van der Waals surface area contributed by atoms with Crippen molar-refractivity contribution < 1.29 is 9.53 Å². The van der Waals surface area contributed by atoms with Crippen LogP contribution in [-0.4, -0.2) is 64.5 Å².